The molecule has 1 aliphatic rings. The van der Waals surface area contributed by atoms with E-state index in [1.807, 2.05) is 36.4 Å². The second kappa shape index (κ2) is 14.0. The zero-order valence-corrected chi connectivity index (χ0v) is 32.8. The smallest absolute Gasteiger partial charge is 0.164 e. The second-order valence-corrected chi connectivity index (χ2v) is 15.8. The van der Waals surface area contributed by atoms with E-state index in [2.05, 4.69) is 164 Å². The minimum Gasteiger partial charge on any atom is -0.208 e. The highest BCUT2D eigenvalue weighted by atomic mass is 15.0. The van der Waals surface area contributed by atoms with Gasteiger partial charge in [0, 0.05) is 16.7 Å². The lowest BCUT2D eigenvalue weighted by Gasteiger charge is -2.22. The topological polar surface area (TPSA) is 38.7 Å². The Labute approximate surface area is 348 Å². The van der Waals surface area contributed by atoms with Crippen LogP contribution in [0.15, 0.2) is 194 Å². The van der Waals surface area contributed by atoms with Gasteiger partial charge in [-0.25, -0.2) is 15.0 Å². The summed E-state index contributed by atoms with van der Waals surface area (Å²) in [4.78, 5) is 15.2. The van der Waals surface area contributed by atoms with E-state index >= 15 is 0 Å². The van der Waals surface area contributed by atoms with E-state index in [-0.39, 0.29) is 0 Å². The van der Waals surface area contributed by atoms with Crippen LogP contribution in [0.3, 0.4) is 0 Å². The van der Waals surface area contributed by atoms with Crippen molar-refractivity contribution in [3.05, 3.63) is 205 Å². The molecule has 1 aromatic heterocycles. The molecule has 0 N–H and O–H groups in total. The molecule has 0 atom stereocenters. The zero-order valence-electron chi connectivity index (χ0n) is 32.8. The number of fused-ring (bicyclic) bond motifs is 12. The lowest BCUT2D eigenvalue weighted by molar-refractivity contribution is 1.00. The highest BCUT2D eigenvalue weighted by Gasteiger charge is 2.21. The average molecular weight is 764 g/mol. The quantitative estimate of drug-likeness (QED) is 0.164. The van der Waals surface area contributed by atoms with Crippen LogP contribution in [0, 0.1) is 0 Å². The molecule has 0 aliphatic heterocycles. The van der Waals surface area contributed by atoms with Crippen molar-refractivity contribution in [3.63, 3.8) is 0 Å². The van der Waals surface area contributed by atoms with Crippen molar-refractivity contribution in [1.82, 2.24) is 15.0 Å². The summed E-state index contributed by atoms with van der Waals surface area (Å²) in [6.45, 7) is 0. The lowest BCUT2D eigenvalue weighted by Crippen LogP contribution is -2.01. The molecule has 0 fully saturated rings. The largest absolute Gasteiger partial charge is 0.208 e. The maximum absolute atomic E-state index is 5.12. The molecule has 3 heteroatoms. The molecule has 0 saturated heterocycles. The molecule has 11 aromatic rings. The van der Waals surface area contributed by atoms with Crippen LogP contribution >= 0.6 is 0 Å². The Hall–Kier alpha value is -7.75. The fourth-order valence-electron chi connectivity index (χ4n) is 9.55. The van der Waals surface area contributed by atoms with Crippen LogP contribution in [0.25, 0.3) is 116 Å². The van der Waals surface area contributed by atoms with Crippen molar-refractivity contribution < 1.29 is 0 Å². The summed E-state index contributed by atoms with van der Waals surface area (Å²) < 4.78 is 0. The summed E-state index contributed by atoms with van der Waals surface area (Å²) >= 11 is 0. The minimum atomic E-state index is 0.647. The summed E-state index contributed by atoms with van der Waals surface area (Å²) in [5, 5.41) is 12.8. The van der Waals surface area contributed by atoms with Gasteiger partial charge in [0.15, 0.2) is 17.5 Å². The Morgan fingerprint density at radius 1 is 0.317 bits per heavy atom. The normalized spacial score (nSPS) is 12.5. The third-order valence-electron chi connectivity index (χ3n) is 12.3. The number of hydrogen-bond acceptors (Lipinski definition) is 3. The van der Waals surface area contributed by atoms with Gasteiger partial charge >= 0.3 is 0 Å². The van der Waals surface area contributed by atoms with Crippen molar-refractivity contribution in [2.45, 2.75) is 12.8 Å². The number of hydrogen-bond donors (Lipinski definition) is 0. The van der Waals surface area contributed by atoms with Gasteiger partial charge in [0.1, 0.15) is 0 Å². The number of aryl methyl sites for hydroxylation is 1. The molecular weight excluding hydrogens is 727 g/mol. The maximum atomic E-state index is 5.12. The van der Waals surface area contributed by atoms with Gasteiger partial charge in [0.2, 0.25) is 0 Å². The highest BCUT2D eigenvalue weighted by Crippen LogP contribution is 2.45. The van der Waals surface area contributed by atoms with E-state index in [1.54, 1.807) is 0 Å². The molecule has 10 aromatic carbocycles. The predicted molar refractivity (Wildman–Crippen MR) is 252 cm³/mol. The summed E-state index contributed by atoms with van der Waals surface area (Å²) in [5.74, 6) is 1.96. The molecule has 12 rings (SSSR count). The molecule has 1 heterocycles. The minimum absolute atomic E-state index is 0.647. The number of allylic oxidation sites excluding steroid dienone is 1. The van der Waals surface area contributed by atoms with Crippen molar-refractivity contribution in [2.24, 2.45) is 0 Å². The van der Waals surface area contributed by atoms with E-state index < -0.39 is 0 Å². The van der Waals surface area contributed by atoms with Crippen molar-refractivity contribution >= 4 is 59.9 Å². The van der Waals surface area contributed by atoms with Crippen LogP contribution in [0.1, 0.15) is 17.5 Å². The monoisotopic (exact) mass is 763 g/mol. The molecular formula is C57H37N3. The average Bonchev–Trinajstić information content (AvgIpc) is 3.34. The van der Waals surface area contributed by atoms with Crippen LogP contribution in [0.4, 0.5) is 0 Å². The maximum Gasteiger partial charge on any atom is 0.164 e. The van der Waals surface area contributed by atoms with Gasteiger partial charge in [-0.2, -0.15) is 0 Å². The highest BCUT2D eigenvalue weighted by molar-refractivity contribution is 6.26. The Bertz CT molecular complexity index is 3440. The molecule has 280 valence electrons. The molecule has 0 bridgehead atoms. The molecule has 1 aliphatic carbocycles. The zero-order chi connectivity index (χ0) is 39.6. The van der Waals surface area contributed by atoms with Crippen LogP contribution in [-0.4, -0.2) is 15.0 Å². The van der Waals surface area contributed by atoms with Crippen LogP contribution in [-0.2, 0) is 6.42 Å². The molecule has 3 nitrogen and oxygen atoms in total. The molecule has 0 radical (unpaired) electrons. The molecule has 0 unspecified atom stereocenters. The van der Waals surface area contributed by atoms with E-state index in [4.69, 9.17) is 15.0 Å². The summed E-state index contributed by atoms with van der Waals surface area (Å²) in [6.07, 6.45) is 6.67. The van der Waals surface area contributed by atoms with Crippen molar-refractivity contribution in [1.29, 1.82) is 0 Å². The van der Waals surface area contributed by atoms with Crippen LogP contribution < -0.4 is 0 Å². The lowest BCUT2D eigenvalue weighted by atomic mass is 9.82. The number of nitrogens with zero attached hydrogens (tertiary/aromatic N) is 3. The summed E-state index contributed by atoms with van der Waals surface area (Å²) in [5.41, 5.74) is 10.3. The third kappa shape index (κ3) is 5.62. The van der Waals surface area contributed by atoms with Gasteiger partial charge < -0.3 is 0 Å². The first-order chi connectivity index (χ1) is 29.7. The number of rotatable bonds is 5. The van der Waals surface area contributed by atoms with Crippen LogP contribution in [0.2, 0.25) is 0 Å². The van der Waals surface area contributed by atoms with Crippen molar-refractivity contribution in [2.75, 3.05) is 0 Å². The van der Waals surface area contributed by atoms with Gasteiger partial charge in [-0.3, -0.25) is 0 Å². The Morgan fingerprint density at radius 3 is 1.43 bits per heavy atom. The van der Waals surface area contributed by atoms with Gasteiger partial charge in [-0.05, 0) is 124 Å². The first kappa shape index (κ1) is 34.3. The first-order valence-electron chi connectivity index (χ1n) is 20.7. The van der Waals surface area contributed by atoms with Gasteiger partial charge in [-0.1, -0.05) is 176 Å². The Morgan fingerprint density at radius 2 is 0.800 bits per heavy atom. The first-order valence-corrected chi connectivity index (χ1v) is 20.7. The molecule has 0 saturated carbocycles. The standard InChI is InChI=1S/C57H37N3/c1-3-16-36(17-4-1)55-58-56(37-18-5-2-6-19-37)60-57(59-55)40-21-15-20-39(32-40)51-34-41(35-53-48-28-12-10-25-45(48)46-26-13-14-29-50(46)54(51)53)38-30-31-49-44-24-8-7-22-42(44)43-23-9-11-27-47(43)52(49)33-38/h1-13,15-28,30-35H,14,29H2. The van der Waals surface area contributed by atoms with Gasteiger partial charge in [0.25, 0.3) is 0 Å². The van der Waals surface area contributed by atoms with Gasteiger partial charge in [-0.15, -0.1) is 0 Å². The number of benzene rings is 10. The molecule has 0 spiro atoms. The van der Waals surface area contributed by atoms with E-state index in [0.717, 1.165) is 35.1 Å². The van der Waals surface area contributed by atoms with E-state index in [9.17, 15) is 0 Å². The Kier molecular flexibility index (Phi) is 7.99. The fraction of sp³-hybridized carbons (Fsp3) is 0.0351. The fourth-order valence-corrected chi connectivity index (χ4v) is 9.55. The second-order valence-electron chi connectivity index (χ2n) is 15.8. The van der Waals surface area contributed by atoms with Crippen LogP contribution in [0.5, 0.6) is 0 Å². The SMILES string of the molecule is C1=Cc2c(c3c(-c4cccc(-c5nc(-c6ccccc6)nc(-c6ccccc6)n5)c4)cc(-c4ccc5c6ccccc6c6ccccc6c5c4)cc3c3ccccc23)CC1. The molecule has 0 amide bonds. The Balaban J connectivity index is 1.12. The van der Waals surface area contributed by atoms with Crippen molar-refractivity contribution in [3.8, 4) is 56.4 Å². The summed E-state index contributed by atoms with van der Waals surface area (Å²) in [7, 11) is 0. The van der Waals surface area contributed by atoms with Gasteiger partial charge in [0.05, 0.1) is 0 Å². The van der Waals surface area contributed by atoms with E-state index in [0.29, 0.717) is 17.5 Å². The number of aromatic nitrogens is 3. The predicted octanol–water partition coefficient (Wildman–Crippen LogP) is 14.9. The third-order valence-corrected chi connectivity index (χ3v) is 12.3. The van der Waals surface area contributed by atoms with E-state index in [1.165, 1.54) is 81.7 Å². The molecule has 60 heavy (non-hydrogen) atoms. The summed E-state index contributed by atoms with van der Waals surface area (Å²) in [6, 6.07) is 67.7.